The first-order chi connectivity index (χ1) is 8.04. The van der Waals surface area contributed by atoms with E-state index in [2.05, 4.69) is 10.3 Å². The highest BCUT2D eigenvalue weighted by atomic mass is 16.2. The third kappa shape index (κ3) is 4.03. The Morgan fingerprint density at radius 2 is 2.12 bits per heavy atom. The number of carbonyl (C=O) groups excluding carboxylic acids is 1. The zero-order chi connectivity index (χ0) is 12.8. The molecule has 0 saturated heterocycles. The third-order valence-corrected chi connectivity index (χ3v) is 2.47. The van der Waals surface area contributed by atoms with Crippen LogP contribution in [-0.4, -0.2) is 55.4 Å². The molecule has 0 saturated carbocycles. The van der Waals surface area contributed by atoms with E-state index in [1.807, 2.05) is 31.1 Å². The number of likely N-dealkylation sites (N-methyl/N-ethyl adjacent to an activating group) is 2. The summed E-state index contributed by atoms with van der Waals surface area (Å²) in [5.41, 5.74) is 1.09. The van der Waals surface area contributed by atoms with E-state index in [1.165, 1.54) is 0 Å². The van der Waals surface area contributed by atoms with Gasteiger partial charge in [0.15, 0.2) is 0 Å². The van der Waals surface area contributed by atoms with E-state index in [0.717, 1.165) is 11.4 Å². The van der Waals surface area contributed by atoms with Gasteiger partial charge in [-0.15, -0.1) is 0 Å². The highest BCUT2D eigenvalue weighted by Gasteiger charge is 2.10. The second-order valence-electron chi connectivity index (χ2n) is 4.22. The lowest BCUT2D eigenvalue weighted by molar-refractivity contribution is -0.129. The van der Waals surface area contributed by atoms with Crippen molar-refractivity contribution in [2.75, 3.05) is 40.1 Å². The van der Waals surface area contributed by atoms with E-state index in [0.29, 0.717) is 13.1 Å². The molecule has 17 heavy (non-hydrogen) atoms. The molecule has 94 valence electrons. The molecular formula is C12H20N4O. The highest BCUT2D eigenvalue weighted by Crippen LogP contribution is 2.12. The average molecular weight is 236 g/mol. The molecule has 0 fully saturated rings. The lowest BCUT2D eigenvalue weighted by Gasteiger charge is -2.19. The van der Waals surface area contributed by atoms with Gasteiger partial charge >= 0.3 is 0 Å². The standard InChI is InChI=1S/C12H20N4O/c1-13-12-10(6-5-7-14-12)8-16(4)9-11(17)15(2)3/h5-7H,8-9H2,1-4H3,(H,13,14). The van der Waals surface area contributed by atoms with Crippen LogP contribution in [0.1, 0.15) is 5.56 Å². The Morgan fingerprint density at radius 1 is 1.41 bits per heavy atom. The lowest BCUT2D eigenvalue weighted by atomic mass is 10.2. The van der Waals surface area contributed by atoms with E-state index in [9.17, 15) is 4.79 Å². The van der Waals surface area contributed by atoms with Gasteiger partial charge in [-0.2, -0.15) is 0 Å². The Hall–Kier alpha value is -1.62. The number of carbonyl (C=O) groups is 1. The van der Waals surface area contributed by atoms with E-state index in [4.69, 9.17) is 0 Å². The molecule has 0 spiro atoms. The first-order valence-corrected chi connectivity index (χ1v) is 5.55. The van der Waals surface area contributed by atoms with Gasteiger partial charge < -0.3 is 10.2 Å². The molecule has 1 rings (SSSR count). The summed E-state index contributed by atoms with van der Waals surface area (Å²) < 4.78 is 0. The summed E-state index contributed by atoms with van der Waals surface area (Å²) in [6.07, 6.45) is 1.75. The van der Waals surface area contributed by atoms with Gasteiger partial charge in [-0.25, -0.2) is 4.98 Å². The van der Waals surface area contributed by atoms with E-state index < -0.39 is 0 Å². The van der Waals surface area contributed by atoms with Crippen molar-refractivity contribution in [3.63, 3.8) is 0 Å². The SMILES string of the molecule is CNc1ncccc1CN(C)CC(=O)N(C)C. The van der Waals surface area contributed by atoms with Crippen molar-refractivity contribution in [3.05, 3.63) is 23.9 Å². The van der Waals surface area contributed by atoms with Crippen LogP contribution in [0.3, 0.4) is 0 Å². The van der Waals surface area contributed by atoms with Crippen LogP contribution in [0.2, 0.25) is 0 Å². The zero-order valence-corrected chi connectivity index (χ0v) is 10.9. The number of nitrogens with zero attached hydrogens (tertiary/aromatic N) is 3. The van der Waals surface area contributed by atoms with E-state index >= 15 is 0 Å². The van der Waals surface area contributed by atoms with Crippen molar-refractivity contribution < 1.29 is 4.79 Å². The lowest BCUT2D eigenvalue weighted by Crippen LogP contribution is -2.34. The summed E-state index contributed by atoms with van der Waals surface area (Å²) in [4.78, 5) is 19.4. The molecule has 0 aliphatic heterocycles. The average Bonchev–Trinajstić information content (AvgIpc) is 2.29. The maximum atomic E-state index is 11.6. The molecule has 0 unspecified atom stereocenters. The fraction of sp³-hybridized carbons (Fsp3) is 0.500. The van der Waals surface area contributed by atoms with Crippen molar-refractivity contribution in [2.45, 2.75) is 6.54 Å². The largest absolute Gasteiger partial charge is 0.373 e. The van der Waals surface area contributed by atoms with E-state index in [-0.39, 0.29) is 5.91 Å². The van der Waals surface area contributed by atoms with Gasteiger partial charge in [0.2, 0.25) is 5.91 Å². The number of hydrogen-bond donors (Lipinski definition) is 1. The van der Waals surface area contributed by atoms with E-state index in [1.54, 1.807) is 25.2 Å². The number of nitrogens with one attached hydrogen (secondary N) is 1. The van der Waals surface area contributed by atoms with Gasteiger partial charge in [0.25, 0.3) is 0 Å². The van der Waals surface area contributed by atoms with Crippen LogP contribution in [-0.2, 0) is 11.3 Å². The summed E-state index contributed by atoms with van der Waals surface area (Å²) in [5.74, 6) is 0.957. The summed E-state index contributed by atoms with van der Waals surface area (Å²) >= 11 is 0. The maximum Gasteiger partial charge on any atom is 0.236 e. The predicted molar refractivity (Wildman–Crippen MR) is 68.8 cm³/mol. The fourth-order valence-electron chi connectivity index (χ4n) is 1.51. The minimum atomic E-state index is 0.0994. The van der Waals surface area contributed by atoms with Crippen molar-refractivity contribution in [3.8, 4) is 0 Å². The maximum absolute atomic E-state index is 11.6. The number of aromatic nitrogens is 1. The van der Waals surface area contributed by atoms with Gasteiger partial charge in [0.05, 0.1) is 6.54 Å². The van der Waals surface area contributed by atoms with Gasteiger partial charge in [-0.1, -0.05) is 6.07 Å². The number of amides is 1. The van der Waals surface area contributed by atoms with Crippen molar-refractivity contribution in [1.29, 1.82) is 0 Å². The monoisotopic (exact) mass is 236 g/mol. The molecule has 5 nitrogen and oxygen atoms in total. The Morgan fingerprint density at radius 3 is 2.71 bits per heavy atom. The molecule has 1 aromatic heterocycles. The molecule has 5 heteroatoms. The Kier molecular flexibility index (Phi) is 4.90. The molecule has 0 bridgehead atoms. The van der Waals surface area contributed by atoms with Crippen LogP contribution in [0.4, 0.5) is 5.82 Å². The molecule has 0 aliphatic carbocycles. The number of pyridine rings is 1. The van der Waals surface area contributed by atoms with Crippen molar-refractivity contribution in [1.82, 2.24) is 14.8 Å². The smallest absolute Gasteiger partial charge is 0.236 e. The second-order valence-corrected chi connectivity index (χ2v) is 4.22. The summed E-state index contributed by atoms with van der Waals surface area (Å²) in [5, 5.41) is 3.04. The predicted octanol–water partition coefficient (Wildman–Crippen LogP) is 0.643. The molecule has 0 aromatic carbocycles. The minimum absolute atomic E-state index is 0.0994. The van der Waals surface area contributed by atoms with Gasteiger partial charge in [0.1, 0.15) is 5.82 Å². The number of hydrogen-bond acceptors (Lipinski definition) is 4. The quantitative estimate of drug-likeness (QED) is 0.815. The first kappa shape index (κ1) is 13.4. The first-order valence-electron chi connectivity index (χ1n) is 5.55. The van der Waals surface area contributed by atoms with Crippen LogP contribution in [0, 0.1) is 0 Å². The molecule has 0 radical (unpaired) electrons. The zero-order valence-electron chi connectivity index (χ0n) is 10.9. The number of anilines is 1. The van der Waals surface area contributed by atoms with Crippen LogP contribution >= 0.6 is 0 Å². The van der Waals surface area contributed by atoms with Crippen LogP contribution in [0.25, 0.3) is 0 Å². The summed E-state index contributed by atoms with van der Waals surface area (Å²) in [6, 6.07) is 3.91. The second kappa shape index (κ2) is 6.20. The molecule has 0 aliphatic rings. The van der Waals surface area contributed by atoms with Gasteiger partial charge in [-0.05, 0) is 13.1 Å². The normalized spacial score (nSPS) is 10.4. The Bertz CT molecular complexity index is 379. The fourth-order valence-corrected chi connectivity index (χ4v) is 1.51. The Balaban J connectivity index is 2.61. The molecule has 1 heterocycles. The van der Waals surface area contributed by atoms with Crippen molar-refractivity contribution in [2.24, 2.45) is 0 Å². The Labute approximate surface area is 102 Å². The molecule has 1 N–H and O–H groups in total. The van der Waals surface area contributed by atoms with Crippen LogP contribution in [0.5, 0.6) is 0 Å². The highest BCUT2D eigenvalue weighted by molar-refractivity contribution is 5.77. The van der Waals surface area contributed by atoms with Crippen molar-refractivity contribution >= 4 is 11.7 Å². The summed E-state index contributed by atoms with van der Waals surface area (Å²) in [6.45, 7) is 1.11. The molecule has 1 aromatic rings. The topological polar surface area (TPSA) is 48.5 Å². The van der Waals surface area contributed by atoms with Crippen LogP contribution < -0.4 is 5.32 Å². The third-order valence-electron chi connectivity index (χ3n) is 2.47. The number of rotatable bonds is 5. The molecule has 1 amide bonds. The minimum Gasteiger partial charge on any atom is -0.373 e. The van der Waals surface area contributed by atoms with Gasteiger partial charge in [0, 0.05) is 39.4 Å². The molecular weight excluding hydrogens is 216 g/mol. The van der Waals surface area contributed by atoms with Crippen LogP contribution in [0.15, 0.2) is 18.3 Å². The molecule has 0 atom stereocenters. The van der Waals surface area contributed by atoms with Gasteiger partial charge in [-0.3, -0.25) is 9.69 Å². The summed E-state index contributed by atoms with van der Waals surface area (Å²) in [7, 11) is 7.29.